The van der Waals surface area contributed by atoms with E-state index in [1.807, 2.05) is 39.0 Å². The third kappa shape index (κ3) is 3.28. The lowest BCUT2D eigenvalue weighted by molar-refractivity contribution is 0.0228. The van der Waals surface area contributed by atoms with Gasteiger partial charge in [-0.1, -0.05) is 6.07 Å². The van der Waals surface area contributed by atoms with Crippen LogP contribution in [0.15, 0.2) is 24.3 Å². The monoisotopic (exact) mass is 262 g/mol. The van der Waals surface area contributed by atoms with Gasteiger partial charge in [-0.25, -0.2) is 0 Å². The Labute approximate surface area is 113 Å². The molecule has 0 saturated carbocycles. The summed E-state index contributed by atoms with van der Waals surface area (Å²) in [6.07, 6.45) is -1.00. The molecule has 4 heteroatoms. The molecule has 1 heterocycles. The average molecular weight is 262 g/mol. The summed E-state index contributed by atoms with van der Waals surface area (Å²) >= 11 is 0. The van der Waals surface area contributed by atoms with Gasteiger partial charge in [-0.2, -0.15) is 0 Å². The number of hydrogen-bond donors (Lipinski definition) is 3. The van der Waals surface area contributed by atoms with Gasteiger partial charge in [-0.15, -0.1) is 0 Å². The predicted molar refractivity (Wildman–Crippen MR) is 77.4 cm³/mol. The molecule has 0 aliphatic rings. The highest BCUT2D eigenvalue weighted by molar-refractivity contribution is 5.86. The highest BCUT2D eigenvalue weighted by atomic mass is 16.5. The highest BCUT2D eigenvalue weighted by Crippen LogP contribution is 2.27. The van der Waals surface area contributed by atoms with Crippen LogP contribution in [-0.2, 0) is 0 Å². The van der Waals surface area contributed by atoms with E-state index >= 15 is 0 Å². The number of ether oxygens (including phenoxy) is 1. The smallest absolute Gasteiger partial charge is 0.176 e. The van der Waals surface area contributed by atoms with Gasteiger partial charge >= 0.3 is 0 Å². The Morgan fingerprint density at radius 3 is 2.63 bits per heavy atom. The maximum absolute atomic E-state index is 9.80. The van der Waals surface area contributed by atoms with E-state index in [2.05, 4.69) is 16.4 Å². The Bertz CT molecular complexity index is 546. The van der Waals surface area contributed by atoms with E-state index in [4.69, 9.17) is 4.74 Å². The Morgan fingerprint density at radius 2 is 2.00 bits per heavy atom. The van der Waals surface area contributed by atoms with Crippen molar-refractivity contribution < 1.29 is 9.84 Å². The van der Waals surface area contributed by atoms with E-state index in [9.17, 15) is 5.11 Å². The van der Waals surface area contributed by atoms with Crippen molar-refractivity contribution in [1.82, 2.24) is 10.3 Å². The summed E-state index contributed by atoms with van der Waals surface area (Å²) in [4.78, 5) is 3.28. The molecule has 0 radical (unpaired) electrons. The van der Waals surface area contributed by atoms with Crippen LogP contribution in [0.5, 0.6) is 5.75 Å². The summed E-state index contributed by atoms with van der Waals surface area (Å²) in [7, 11) is 0. The fourth-order valence-corrected chi connectivity index (χ4v) is 2.11. The number of aryl methyl sites for hydroxylation is 1. The number of aliphatic hydroxyl groups is 1. The molecule has 2 aromatic rings. The molecule has 0 aliphatic heterocycles. The first kappa shape index (κ1) is 13.9. The van der Waals surface area contributed by atoms with Crippen molar-refractivity contribution in [3.8, 4) is 5.75 Å². The molecule has 3 N–H and O–H groups in total. The minimum absolute atomic E-state index is 0.242. The van der Waals surface area contributed by atoms with E-state index in [-0.39, 0.29) is 6.04 Å². The number of aromatic amines is 1. The molecular weight excluding hydrogens is 240 g/mol. The number of aromatic nitrogens is 1. The quantitative estimate of drug-likeness (QED) is 0.726. The Hall–Kier alpha value is -1.52. The first-order chi connectivity index (χ1) is 8.97. The van der Waals surface area contributed by atoms with Crippen LogP contribution in [0.1, 0.15) is 26.5 Å². The maximum Gasteiger partial charge on any atom is 0.176 e. The van der Waals surface area contributed by atoms with Crippen LogP contribution < -0.4 is 10.1 Å². The van der Waals surface area contributed by atoms with E-state index in [1.165, 1.54) is 0 Å². The zero-order valence-electron chi connectivity index (χ0n) is 11.9. The third-order valence-electron chi connectivity index (χ3n) is 2.95. The van der Waals surface area contributed by atoms with E-state index in [1.54, 1.807) is 6.92 Å². The van der Waals surface area contributed by atoms with Crippen LogP contribution in [-0.4, -0.2) is 28.5 Å². The number of H-pyrrole nitrogens is 1. The molecule has 0 aliphatic carbocycles. The molecule has 0 fully saturated rings. The molecule has 104 valence electrons. The number of benzene rings is 1. The maximum atomic E-state index is 9.80. The fourth-order valence-electron chi connectivity index (χ4n) is 2.11. The first-order valence-corrected chi connectivity index (χ1v) is 6.66. The second-order valence-corrected chi connectivity index (χ2v) is 5.27. The summed E-state index contributed by atoms with van der Waals surface area (Å²) in [6.45, 7) is 7.80. The summed E-state index contributed by atoms with van der Waals surface area (Å²) in [5, 5.41) is 14.1. The zero-order chi connectivity index (χ0) is 14.0. The molecule has 4 nitrogen and oxygen atoms in total. The predicted octanol–water partition coefficient (Wildman–Crippen LogP) is 2.56. The second-order valence-electron chi connectivity index (χ2n) is 5.27. The number of hydrogen-bond acceptors (Lipinski definition) is 3. The molecule has 0 amide bonds. The Morgan fingerprint density at radius 1 is 1.26 bits per heavy atom. The molecular formula is C15H22N2O2. The van der Waals surface area contributed by atoms with Gasteiger partial charge in [0.2, 0.25) is 0 Å². The topological polar surface area (TPSA) is 57.3 Å². The lowest BCUT2D eigenvalue weighted by Gasteiger charge is -2.25. The van der Waals surface area contributed by atoms with Crippen LogP contribution >= 0.6 is 0 Å². The van der Waals surface area contributed by atoms with Gasteiger partial charge in [-0.3, -0.25) is 5.32 Å². The number of rotatable bonds is 5. The highest BCUT2D eigenvalue weighted by Gasteiger charge is 2.18. The Balaban J connectivity index is 2.28. The zero-order valence-corrected chi connectivity index (χ0v) is 11.9. The van der Waals surface area contributed by atoms with E-state index in [0.29, 0.717) is 0 Å². The summed E-state index contributed by atoms with van der Waals surface area (Å²) in [6, 6.07) is 8.18. The molecule has 2 rings (SSSR count). The molecule has 0 saturated heterocycles. The molecule has 0 spiro atoms. The van der Waals surface area contributed by atoms with Crippen LogP contribution in [0.25, 0.3) is 10.9 Å². The standard InChI is InChI=1S/C15H22N2O2/c1-9(2)16-15(11(4)18)19-14-7-5-6-13-12(14)8-10(3)17-13/h5-9,11,15-18H,1-4H3. The van der Waals surface area contributed by atoms with Gasteiger partial charge in [0.05, 0.1) is 0 Å². The van der Waals surface area contributed by atoms with Crippen molar-refractivity contribution in [1.29, 1.82) is 0 Å². The number of fused-ring (bicyclic) bond motifs is 1. The number of nitrogens with one attached hydrogen (secondary N) is 2. The van der Waals surface area contributed by atoms with Gasteiger partial charge in [-0.05, 0) is 45.9 Å². The van der Waals surface area contributed by atoms with Gasteiger partial charge < -0.3 is 14.8 Å². The van der Waals surface area contributed by atoms with Crippen LogP contribution in [0.4, 0.5) is 0 Å². The van der Waals surface area contributed by atoms with Crippen LogP contribution in [0.2, 0.25) is 0 Å². The first-order valence-electron chi connectivity index (χ1n) is 6.66. The third-order valence-corrected chi connectivity index (χ3v) is 2.95. The van der Waals surface area contributed by atoms with Gasteiger partial charge in [0.25, 0.3) is 0 Å². The lowest BCUT2D eigenvalue weighted by atomic mass is 10.2. The summed E-state index contributed by atoms with van der Waals surface area (Å²) in [5.74, 6) is 0.779. The lowest BCUT2D eigenvalue weighted by Crippen LogP contribution is -2.46. The largest absolute Gasteiger partial charge is 0.472 e. The SMILES string of the molecule is Cc1cc2c(OC(NC(C)C)C(C)O)cccc2[nH]1. The molecule has 2 unspecified atom stereocenters. The van der Waals surface area contributed by atoms with Crippen molar-refractivity contribution in [3.05, 3.63) is 30.0 Å². The number of aliphatic hydroxyl groups excluding tert-OH is 1. The van der Waals surface area contributed by atoms with Crippen molar-refractivity contribution in [2.75, 3.05) is 0 Å². The summed E-state index contributed by atoms with van der Waals surface area (Å²) in [5.41, 5.74) is 2.14. The van der Waals surface area contributed by atoms with Crippen LogP contribution in [0.3, 0.4) is 0 Å². The second kappa shape index (κ2) is 5.63. The average Bonchev–Trinajstić information content (AvgIpc) is 2.68. The minimum atomic E-state index is -0.585. The fraction of sp³-hybridized carbons (Fsp3) is 0.467. The molecule has 19 heavy (non-hydrogen) atoms. The van der Waals surface area contributed by atoms with Crippen LogP contribution in [0, 0.1) is 6.92 Å². The van der Waals surface area contributed by atoms with Crippen molar-refractivity contribution in [2.24, 2.45) is 0 Å². The Kier molecular flexibility index (Phi) is 4.12. The molecule has 2 atom stereocenters. The normalized spacial score (nSPS) is 14.8. The molecule has 0 bridgehead atoms. The summed E-state index contributed by atoms with van der Waals surface area (Å²) < 4.78 is 5.93. The van der Waals surface area contributed by atoms with E-state index in [0.717, 1.165) is 22.3 Å². The van der Waals surface area contributed by atoms with Crippen molar-refractivity contribution in [2.45, 2.75) is 46.1 Å². The van der Waals surface area contributed by atoms with Gasteiger partial charge in [0, 0.05) is 22.6 Å². The molecule has 1 aromatic carbocycles. The van der Waals surface area contributed by atoms with Crippen molar-refractivity contribution >= 4 is 10.9 Å². The molecule has 1 aromatic heterocycles. The van der Waals surface area contributed by atoms with Gasteiger partial charge in [0.1, 0.15) is 11.9 Å². The minimum Gasteiger partial charge on any atom is -0.472 e. The van der Waals surface area contributed by atoms with Crippen molar-refractivity contribution in [3.63, 3.8) is 0 Å². The van der Waals surface area contributed by atoms with E-state index < -0.39 is 12.3 Å². The van der Waals surface area contributed by atoms with Gasteiger partial charge in [0.15, 0.2) is 6.23 Å².